The van der Waals surface area contributed by atoms with E-state index in [-0.39, 0.29) is 10.8 Å². The van der Waals surface area contributed by atoms with Crippen LogP contribution in [0.15, 0.2) is 18.2 Å². The maximum Gasteiger partial charge on any atom is 0.346 e. The van der Waals surface area contributed by atoms with Crippen molar-refractivity contribution in [2.75, 3.05) is 7.11 Å². The first-order valence-corrected chi connectivity index (χ1v) is 9.65. The molecule has 2 rings (SSSR count). The SMILES string of the molecule is CCC/C=C/c1c(C)nn(C)c1Oc1cc(O[C@@H](C)C(=O)OC)c(Cl)cc1Cl. The van der Waals surface area contributed by atoms with Crippen LogP contribution in [-0.2, 0) is 16.6 Å². The Labute approximate surface area is 175 Å². The third kappa shape index (κ3) is 5.20. The molecule has 0 radical (unpaired) electrons. The average molecular weight is 427 g/mol. The summed E-state index contributed by atoms with van der Waals surface area (Å²) in [5.74, 6) is 0.632. The summed E-state index contributed by atoms with van der Waals surface area (Å²) in [6, 6.07) is 3.06. The van der Waals surface area contributed by atoms with Gasteiger partial charge < -0.3 is 14.2 Å². The van der Waals surface area contributed by atoms with E-state index in [0.29, 0.717) is 16.7 Å². The third-order valence-electron chi connectivity index (χ3n) is 3.98. The summed E-state index contributed by atoms with van der Waals surface area (Å²) in [6.07, 6.45) is 5.24. The number of unbranched alkanes of at least 4 members (excludes halogenated alkanes) is 1. The highest BCUT2D eigenvalue weighted by Gasteiger charge is 2.20. The van der Waals surface area contributed by atoms with Crippen LogP contribution in [-0.4, -0.2) is 29.0 Å². The molecule has 1 atom stereocenters. The Bertz CT molecular complexity index is 878. The lowest BCUT2D eigenvalue weighted by molar-refractivity contribution is -0.147. The summed E-state index contributed by atoms with van der Waals surface area (Å²) in [5, 5.41) is 4.99. The van der Waals surface area contributed by atoms with Gasteiger partial charge in [0.05, 0.1) is 28.4 Å². The Morgan fingerprint density at radius 3 is 2.61 bits per heavy atom. The van der Waals surface area contributed by atoms with Gasteiger partial charge in [-0.1, -0.05) is 48.7 Å². The number of carbonyl (C=O) groups is 1. The van der Waals surface area contributed by atoms with Gasteiger partial charge in [0, 0.05) is 13.1 Å². The van der Waals surface area contributed by atoms with Crippen LogP contribution >= 0.6 is 23.2 Å². The van der Waals surface area contributed by atoms with E-state index in [1.165, 1.54) is 13.2 Å². The molecule has 1 heterocycles. The number of methoxy groups -OCH3 is 1. The topological polar surface area (TPSA) is 62.6 Å². The normalized spacial score (nSPS) is 12.2. The minimum Gasteiger partial charge on any atom is -0.477 e. The minimum atomic E-state index is -0.831. The van der Waals surface area contributed by atoms with Crippen molar-refractivity contribution in [1.82, 2.24) is 9.78 Å². The molecule has 0 unspecified atom stereocenters. The zero-order chi connectivity index (χ0) is 20.8. The van der Waals surface area contributed by atoms with Crippen LogP contribution in [0.2, 0.25) is 10.0 Å². The summed E-state index contributed by atoms with van der Waals surface area (Å²) < 4.78 is 18.0. The van der Waals surface area contributed by atoms with Crippen LogP contribution in [0.4, 0.5) is 0 Å². The molecular weight excluding hydrogens is 403 g/mol. The van der Waals surface area contributed by atoms with E-state index in [2.05, 4.69) is 22.8 Å². The van der Waals surface area contributed by atoms with Crippen molar-refractivity contribution in [3.63, 3.8) is 0 Å². The molecule has 152 valence electrons. The van der Waals surface area contributed by atoms with Crippen molar-refractivity contribution in [2.45, 2.75) is 39.7 Å². The number of rotatable bonds is 8. The van der Waals surface area contributed by atoms with E-state index in [9.17, 15) is 4.79 Å². The van der Waals surface area contributed by atoms with Gasteiger partial charge in [0.25, 0.3) is 0 Å². The summed E-state index contributed by atoms with van der Waals surface area (Å²) in [6.45, 7) is 5.59. The number of allylic oxidation sites excluding steroid dienone is 1. The van der Waals surface area contributed by atoms with Crippen molar-refractivity contribution < 1.29 is 19.0 Å². The monoisotopic (exact) mass is 426 g/mol. The van der Waals surface area contributed by atoms with Crippen LogP contribution in [0.5, 0.6) is 17.4 Å². The van der Waals surface area contributed by atoms with Crippen molar-refractivity contribution >= 4 is 35.2 Å². The lowest BCUT2D eigenvalue weighted by atomic mass is 10.2. The molecule has 0 N–H and O–H groups in total. The number of hydrogen-bond donors (Lipinski definition) is 0. The predicted octanol–water partition coefficient (Wildman–Crippen LogP) is 5.58. The molecule has 28 heavy (non-hydrogen) atoms. The van der Waals surface area contributed by atoms with Gasteiger partial charge in [0.15, 0.2) is 11.9 Å². The second-order valence-electron chi connectivity index (χ2n) is 6.22. The van der Waals surface area contributed by atoms with Crippen LogP contribution < -0.4 is 9.47 Å². The minimum absolute atomic E-state index is 0.261. The smallest absolute Gasteiger partial charge is 0.346 e. The molecule has 0 aliphatic rings. The molecule has 2 aromatic rings. The number of hydrogen-bond acceptors (Lipinski definition) is 5. The quantitative estimate of drug-likeness (QED) is 0.515. The Hall–Kier alpha value is -2.18. The predicted molar refractivity (Wildman–Crippen MR) is 111 cm³/mol. The number of benzene rings is 1. The van der Waals surface area contributed by atoms with Crippen LogP contribution in [0.1, 0.15) is 37.9 Å². The van der Waals surface area contributed by atoms with Crippen LogP contribution in [0.3, 0.4) is 0 Å². The fourth-order valence-corrected chi connectivity index (χ4v) is 2.99. The first kappa shape index (κ1) is 22.1. The highest BCUT2D eigenvalue weighted by Crippen LogP contribution is 2.39. The van der Waals surface area contributed by atoms with Crippen LogP contribution in [0.25, 0.3) is 6.08 Å². The number of halogens is 2. The molecular formula is C20H24Cl2N2O4. The van der Waals surface area contributed by atoms with Gasteiger partial charge in [0.2, 0.25) is 5.88 Å². The Morgan fingerprint density at radius 2 is 1.96 bits per heavy atom. The van der Waals surface area contributed by atoms with E-state index < -0.39 is 12.1 Å². The van der Waals surface area contributed by atoms with Gasteiger partial charge >= 0.3 is 5.97 Å². The van der Waals surface area contributed by atoms with Gasteiger partial charge in [-0.05, 0) is 26.3 Å². The van der Waals surface area contributed by atoms with E-state index in [4.69, 9.17) is 32.7 Å². The summed E-state index contributed by atoms with van der Waals surface area (Å²) in [4.78, 5) is 11.6. The summed E-state index contributed by atoms with van der Waals surface area (Å²) >= 11 is 12.5. The number of nitrogens with zero attached hydrogens (tertiary/aromatic N) is 2. The molecule has 0 saturated carbocycles. The number of ether oxygens (including phenoxy) is 3. The summed E-state index contributed by atoms with van der Waals surface area (Å²) in [5.41, 5.74) is 1.71. The Morgan fingerprint density at radius 1 is 1.29 bits per heavy atom. The average Bonchev–Trinajstić information content (AvgIpc) is 2.91. The lowest BCUT2D eigenvalue weighted by Gasteiger charge is -2.16. The van der Waals surface area contributed by atoms with E-state index >= 15 is 0 Å². The van der Waals surface area contributed by atoms with Crippen molar-refractivity contribution in [3.8, 4) is 17.4 Å². The van der Waals surface area contributed by atoms with Gasteiger partial charge in [-0.15, -0.1) is 0 Å². The Kier molecular flexibility index (Phi) is 7.78. The van der Waals surface area contributed by atoms with Gasteiger partial charge in [-0.3, -0.25) is 0 Å². The molecule has 0 saturated heterocycles. The fourth-order valence-electron chi connectivity index (χ4n) is 2.52. The third-order valence-corrected chi connectivity index (χ3v) is 4.57. The second kappa shape index (κ2) is 9.85. The van der Waals surface area contributed by atoms with Crippen molar-refractivity contribution in [2.24, 2.45) is 7.05 Å². The molecule has 0 amide bonds. The first-order chi connectivity index (χ1) is 13.3. The first-order valence-electron chi connectivity index (χ1n) is 8.90. The molecule has 1 aromatic heterocycles. The molecule has 0 spiro atoms. The van der Waals surface area contributed by atoms with Gasteiger partial charge in [0.1, 0.15) is 5.75 Å². The van der Waals surface area contributed by atoms with E-state index in [1.807, 2.05) is 13.0 Å². The fraction of sp³-hybridized carbons (Fsp3) is 0.400. The highest BCUT2D eigenvalue weighted by molar-refractivity contribution is 6.36. The molecule has 8 heteroatoms. The molecule has 0 fully saturated rings. The number of aromatic nitrogens is 2. The number of carbonyl (C=O) groups excluding carboxylic acids is 1. The Balaban J connectivity index is 2.37. The van der Waals surface area contributed by atoms with E-state index in [0.717, 1.165) is 24.1 Å². The van der Waals surface area contributed by atoms with Crippen LogP contribution in [0, 0.1) is 6.92 Å². The van der Waals surface area contributed by atoms with Crippen molar-refractivity contribution in [3.05, 3.63) is 39.5 Å². The highest BCUT2D eigenvalue weighted by atomic mass is 35.5. The largest absolute Gasteiger partial charge is 0.477 e. The zero-order valence-corrected chi connectivity index (χ0v) is 18.1. The standard InChI is InChI=1S/C20H24Cl2N2O4/c1-6-7-8-9-14-12(2)23-24(4)19(14)28-18-11-17(15(21)10-16(18)22)27-13(3)20(25)26-5/h8-11,13H,6-7H2,1-5H3/b9-8+/t13-/m0/s1. The molecule has 6 nitrogen and oxygen atoms in total. The van der Waals surface area contributed by atoms with Gasteiger partial charge in [-0.2, -0.15) is 5.10 Å². The number of aryl methyl sites for hydroxylation is 2. The molecule has 0 aliphatic carbocycles. The maximum absolute atomic E-state index is 11.6. The zero-order valence-electron chi connectivity index (χ0n) is 16.6. The lowest BCUT2D eigenvalue weighted by Crippen LogP contribution is -2.25. The molecule has 0 bridgehead atoms. The van der Waals surface area contributed by atoms with Crippen molar-refractivity contribution in [1.29, 1.82) is 0 Å². The number of esters is 1. The maximum atomic E-state index is 11.6. The van der Waals surface area contributed by atoms with Gasteiger partial charge in [-0.25, -0.2) is 9.48 Å². The van der Waals surface area contributed by atoms with E-state index in [1.54, 1.807) is 24.7 Å². The molecule has 0 aliphatic heterocycles. The summed E-state index contributed by atoms with van der Waals surface area (Å²) in [7, 11) is 3.08. The molecule has 1 aromatic carbocycles. The second-order valence-corrected chi connectivity index (χ2v) is 7.03.